The predicted molar refractivity (Wildman–Crippen MR) is 110 cm³/mol. The largest absolute Gasteiger partial charge is 0.361 e. The number of rotatable bonds is 6. The molecule has 140 valence electrons. The topological polar surface area (TPSA) is 48.1 Å². The van der Waals surface area contributed by atoms with Gasteiger partial charge in [0.15, 0.2) is 0 Å². The number of aromatic nitrogens is 1. The van der Waals surface area contributed by atoms with Crippen molar-refractivity contribution in [3.63, 3.8) is 0 Å². The number of likely N-dealkylation sites (tertiary alicyclic amines) is 1. The van der Waals surface area contributed by atoms with Crippen LogP contribution in [0.25, 0.3) is 10.9 Å². The van der Waals surface area contributed by atoms with E-state index in [1.807, 2.05) is 48.7 Å². The summed E-state index contributed by atoms with van der Waals surface area (Å²) in [4.78, 5) is 18.3. The van der Waals surface area contributed by atoms with E-state index in [0.717, 1.165) is 40.1 Å². The lowest BCUT2D eigenvalue weighted by Crippen LogP contribution is -2.37. The summed E-state index contributed by atoms with van der Waals surface area (Å²) < 4.78 is 0. The van der Waals surface area contributed by atoms with Crippen LogP contribution in [-0.2, 0) is 11.2 Å². The van der Waals surface area contributed by atoms with Gasteiger partial charge in [0.2, 0.25) is 5.91 Å². The molecule has 1 aliphatic rings. The molecule has 1 aromatic heterocycles. The number of H-pyrrole nitrogens is 1. The molecule has 5 heteroatoms. The number of halogens is 1. The second kappa shape index (κ2) is 8.15. The maximum Gasteiger partial charge on any atom is 0.224 e. The van der Waals surface area contributed by atoms with Crippen LogP contribution in [0.15, 0.2) is 54.7 Å². The van der Waals surface area contributed by atoms with Crippen molar-refractivity contribution < 1.29 is 4.79 Å². The molecule has 4 rings (SSSR count). The molecule has 1 unspecified atom stereocenters. The minimum Gasteiger partial charge on any atom is -0.361 e. The van der Waals surface area contributed by atoms with Gasteiger partial charge >= 0.3 is 0 Å². The third-order valence-electron chi connectivity index (χ3n) is 5.36. The Balaban J connectivity index is 1.45. The second-order valence-corrected chi connectivity index (χ2v) is 7.53. The van der Waals surface area contributed by atoms with Crippen LogP contribution in [0.3, 0.4) is 0 Å². The fourth-order valence-corrected chi connectivity index (χ4v) is 4.22. The molecule has 2 N–H and O–H groups in total. The minimum atomic E-state index is 0.0380. The van der Waals surface area contributed by atoms with Gasteiger partial charge in [-0.3, -0.25) is 9.69 Å². The smallest absolute Gasteiger partial charge is 0.224 e. The fraction of sp³-hybridized carbons (Fsp3) is 0.318. The number of para-hydroxylation sites is 1. The summed E-state index contributed by atoms with van der Waals surface area (Å²) in [5.41, 5.74) is 3.18. The van der Waals surface area contributed by atoms with Crippen LogP contribution >= 0.6 is 11.6 Å². The third-order valence-corrected chi connectivity index (χ3v) is 5.71. The lowest BCUT2D eigenvalue weighted by atomic mass is 10.0. The number of carbonyl (C=O) groups is 1. The summed E-state index contributed by atoms with van der Waals surface area (Å²) in [5, 5.41) is 5.01. The summed E-state index contributed by atoms with van der Waals surface area (Å²) >= 11 is 6.45. The van der Waals surface area contributed by atoms with E-state index in [-0.39, 0.29) is 11.9 Å². The fourth-order valence-electron chi connectivity index (χ4n) is 3.96. The summed E-state index contributed by atoms with van der Waals surface area (Å²) in [6.45, 7) is 2.67. The van der Waals surface area contributed by atoms with Gasteiger partial charge in [0.05, 0.1) is 12.5 Å². The highest BCUT2D eigenvalue weighted by atomic mass is 35.5. The zero-order valence-corrected chi connectivity index (χ0v) is 16.0. The van der Waals surface area contributed by atoms with Gasteiger partial charge in [-0.15, -0.1) is 0 Å². The first kappa shape index (κ1) is 18.1. The van der Waals surface area contributed by atoms with Crippen LogP contribution in [-0.4, -0.2) is 35.4 Å². The molecule has 1 atom stereocenters. The monoisotopic (exact) mass is 381 g/mol. The average molecular weight is 382 g/mol. The van der Waals surface area contributed by atoms with Gasteiger partial charge in [0, 0.05) is 28.7 Å². The van der Waals surface area contributed by atoms with E-state index in [4.69, 9.17) is 11.6 Å². The summed E-state index contributed by atoms with van der Waals surface area (Å²) in [6.07, 6.45) is 4.70. The van der Waals surface area contributed by atoms with E-state index in [9.17, 15) is 4.79 Å². The maximum absolute atomic E-state index is 12.6. The summed E-state index contributed by atoms with van der Waals surface area (Å²) in [6, 6.07) is 16.1. The van der Waals surface area contributed by atoms with Gasteiger partial charge in [0.25, 0.3) is 0 Å². The highest BCUT2D eigenvalue weighted by Gasteiger charge is 2.25. The zero-order chi connectivity index (χ0) is 18.6. The molecule has 2 aromatic carbocycles. The first-order valence-electron chi connectivity index (χ1n) is 9.52. The van der Waals surface area contributed by atoms with Crippen LogP contribution in [0.4, 0.5) is 0 Å². The van der Waals surface area contributed by atoms with Gasteiger partial charge in [-0.05, 0) is 49.2 Å². The summed E-state index contributed by atoms with van der Waals surface area (Å²) in [5.74, 6) is 0.0380. The van der Waals surface area contributed by atoms with Crippen LogP contribution < -0.4 is 5.32 Å². The normalized spacial score (nSPS) is 15.9. The van der Waals surface area contributed by atoms with E-state index >= 15 is 0 Å². The molecule has 0 radical (unpaired) electrons. The molecule has 2 heterocycles. The van der Waals surface area contributed by atoms with E-state index in [1.165, 1.54) is 12.8 Å². The van der Waals surface area contributed by atoms with Crippen LogP contribution in [0.5, 0.6) is 0 Å². The van der Waals surface area contributed by atoms with Crippen molar-refractivity contribution in [3.8, 4) is 0 Å². The lowest BCUT2D eigenvalue weighted by molar-refractivity contribution is -0.120. The van der Waals surface area contributed by atoms with Crippen molar-refractivity contribution in [1.29, 1.82) is 0 Å². The SMILES string of the molecule is O=C(Cc1c[nH]c2ccccc12)NCC(c1ccccc1Cl)N1CCCC1. The highest BCUT2D eigenvalue weighted by molar-refractivity contribution is 6.31. The van der Waals surface area contributed by atoms with Crippen molar-refractivity contribution in [2.45, 2.75) is 25.3 Å². The lowest BCUT2D eigenvalue weighted by Gasteiger charge is -2.29. The molecule has 0 bridgehead atoms. The Labute approximate surface area is 164 Å². The molecular weight excluding hydrogens is 358 g/mol. The number of amides is 1. The minimum absolute atomic E-state index is 0.0380. The van der Waals surface area contributed by atoms with Crippen LogP contribution in [0.2, 0.25) is 5.02 Å². The number of benzene rings is 2. The van der Waals surface area contributed by atoms with Gasteiger partial charge < -0.3 is 10.3 Å². The molecule has 4 nitrogen and oxygen atoms in total. The van der Waals surface area contributed by atoms with Gasteiger partial charge in [-0.2, -0.15) is 0 Å². The third kappa shape index (κ3) is 4.02. The Bertz CT molecular complexity index is 930. The predicted octanol–water partition coefficient (Wildman–Crippen LogP) is 4.32. The Morgan fingerprint density at radius 1 is 1.11 bits per heavy atom. The first-order chi connectivity index (χ1) is 13.2. The van der Waals surface area contributed by atoms with Crippen molar-refractivity contribution in [2.75, 3.05) is 19.6 Å². The van der Waals surface area contributed by atoms with E-state index in [2.05, 4.69) is 21.3 Å². The van der Waals surface area contributed by atoms with Crippen molar-refractivity contribution in [2.24, 2.45) is 0 Å². The Morgan fingerprint density at radius 2 is 1.85 bits per heavy atom. The number of aromatic amines is 1. The Hall–Kier alpha value is -2.30. The van der Waals surface area contributed by atoms with Crippen molar-refractivity contribution >= 4 is 28.4 Å². The number of fused-ring (bicyclic) bond motifs is 1. The van der Waals surface area contributed by atoms with E-state index in [0.29, 0.717) is 13.0 Å². The van der Waals surface area contributed by atoms with Crippen molar-refractivity contribution in [3.05, 3.63) is 70.9 Å². The molecule has 0 aliphatic carbocycles. The van der Waals surface area contributed by atoms with Crippen LogP contribution in [0.1, 0.15) is 30.0 Å². The number of hydrogen-bond donors (Lipinski definition) is 2. The van der Waals surface area contributed by atoms with Gasteiger partial charge in [-0.1, -0.05) is 48.0 Å². The summed E-state index contributed by atoms with van der Waals surface area (Å²) in [7, 11) is 0. The molecule has 1 fully saturated rings. The number of nitrogens with one attached hydrogen (secondary N) is 2. The molecule has 3 aromatic rings. The zero-order valence-electron chi connectivity index (χ0n) is 15.2. The standard InChI is InChI=1S/C22H24ClN3O/c23-19-9-3-1-8-18(19)21(26-11-5-6-12-26)15-25-22(27)13-16-14-24-20-10-4-2-7-17(16)20/h1-4,7-10,14,21,24H,5-6,11-13,15H2,(H,25,27). The molecular formula is C22H24ClN3O. The molecule has 0 spiro atoms. The molecule has 1 amide bonds. The number of carbonyl (C=O) groups excluding carboxylic acids is 1. The Morgan fingerprint density at radius 3 is 2.67 bits per heavy atom. The first-order valence-corrected chi connectivity index (χ1v) is 9.90. The highest BCUT2D eigenvalue weighted by Crippen LogP contribution is 2.29. The van der Waals surface area contributed by atoms with Crippen LogP contribution in [0, 0.1) is 0 Å². The average Bonchev–Trinajstić information content (AvgIpc) is 3.34. The second-order valence-electron chi connectivity index (χ2n) is 7.12. The molecule has 1 aliphatic heterocycles. The van der Waals surface area contributed by atoms with E-state index in [1.54, 1.807) is 0 Å². The number of nitrogens with zero attached hydrogens (tertiary/aromatic N) is 1. The molecule has 27 heavy (non-hydrogen) atoms. The van der Waals surface area contributed by atoms with Crippen molar-refractivity contribution in [1.82, 2.24) is 15.2 Å². The Kier molecular flexibility index (Phi) is 5.46. The van der Waals surface area contributed by atoms with Gasteiger partial charge in [0.1, 0.15) is 0 Å². The maximum atomic E-state index is 12.6. The molecule has 1 saturated heterocycles. The molecule has 0 saturated carbocycles. The van der Waals surface area contributed by atoms with E-state index < -0.39 is 0 Å². The number of hydrogen-bond acceptors (Lipinski definition) is 2. The van der Waals surface area contributed by atoms with Gasteiger partial charge in [-0.25, -0.2) is 0 Å². The quantitative estimate of drug-likeness (QED) is 0.668.